The van der Waals surface area contributed by atoms with Crippen LogP contribution in [0.1, 0.15) is 62.8 Å². The van der Waals surface area contributed by atoms with Crippen LogP contribution >= 0.6 is 0 Å². The van der Waals surface area contributed by atoms with Crippen molar-refractivity contribution >= 4 is 15.9 Å². The number of hydrogen-bond donors (Lipinski definition) is 1. The number of hydrogen-bond acceptors (Lipinski definition) is 5. The van der Waals surface area contributed by atoms with E-state index in [4.69, 9.17) is 9.47 Å². The summed E-state index contributed by atoms with van der Waals surface area (Å²) in [5.74, 6) is -0.173. The van der Waals surface area contributed by atoms with Gasteiger partial charge in [0.25, 0.3) is 10.0 Å². The summed E-state index contributed by atoms with van der Waals surface area (Å²) in [6, 6.07) is 9.69. The lowest BCUT2D eigenvalue weighted by atomic mass is 9.74. The van der Waals surface area contributed by atoms with E-state index in [1.165, 1.54) is 6.07 Å². The number of benzene rings is 2. The van der Waals surface area contributed by atoms with Crippen molar-refractivity contribution in [3.05, 3.63) is 59.2 Å². The van der Waals surface area contributed by atoms with E-state index >= 15 is 0 Å². The van der Waals surface area contributed by atoms with Crippen molar-refractivity contribution in [2.45, 2.75) is 75.3 Å². The summed E-state index contributed by atoms with van der Waals surface area (Å²) in [4.78, 5) is 11.6. The average molecular weight is 512 g/mol. The monoisotopic (exact) mass is 511 g/mol. The molecule has 6 nitrogen and oxygen atoms in total. The van der Waals surface area contributed by atoms with Crippen molar-refractivity contribution in [3.8, 4) is 5.75 Å². The Bertz CT molecular complexity index is 1230. The molecule has 1 amide bonds. The first-order valence-electron chi connectivity index (χ1n) is 11.5. The molecule has 10 heteroatoms. The van der Waals surface area contributed by atoms with Crippen LogP contribution in [-0.2, 0) is 32.2 Å². The fraction of sp³-hybridized carbons (Fsp3) is 0.480. The Hall–Kier alpha value is -2.59. The molecule has 0 radical (unpaired) electrons. The third kappa shape index (κ3) is 5.18. The van der Waals surface area contributed by atoms with Crippen molar-refractivity contribution in [2.75, 3.05) is 0 Å². The number of fused-ring (bicyclic) bond motifs is 3. The maximum Gasteiger partial charge on any atom is 0.417 e. The second-order valence-electron chi connectivity index (χ2n) is 9.52. The van der Waals surface area contributed by atoms with E-state index in [1.807, 2.05) is 39.0 Å². The first kappa shape index (κ1) is 25.5. The van der Waals surface area contributed by atoms with Crippen molar-refractivity contribution in [1.29, 1.82) is 0 Å². The molecule has 4 rings (SSSR count). The number of nitrogens with one attached hydrogen (secondary N) is 1. The number of alkyl halides is 3. The summed E-state index contributed by atoms with van der Waals surface area (Å²) >= 11 is 0. The number of rotatable bonds is 5. The normalized spacial score (nSPS) is 23.5. The van der Waals surface area contributed by atoms with E-state index in [2.05, 4.69) is 0 Å². The van der Waals surface area contributed by atoms with Gasteiger partial charge in [-0.25, -0.2) is 13.1 Å². The van der Waals surface area contributed by atoms with Gasteiger partial charge in [0.15, 0.2) is 0 Å². The molecular weight excluding hydrogens is 483 g/mol. The summed E-state index contributed by atoms with van der Waals surface area (Å²) in [5, 5.41) is 0. The van der Waals surface area contributed by atoms with Crippen molar-refractivity contribution in [3.63, 3.8) is 0 Å². The van der Waals surface area contributed by atoms with E-state index in [0.29, 0.717) is 24.7 Å². The Kier molecular flexibility index (Phi) is 6.65. The standard InChI is InChI=1S/C25H28F3NO5S/c1-4-15-9-12-20-17(13-15)23-19(24(2,3)34-20)11-10-16(33-23)14-22(30)29-35(31,32)21-8-6-5-7-18(21)25(26,27)28/h5-9,12-13,16,19,23H,4,10-11,14H2,1-3H3,(H,29,30)/t16-,19+,23-/m1/s1. The van der Waals surface area contributed by atoms with Gasteiger partial charge < -0.3 is 9.47 Å². The molecule has 0 aliphatic carbocycles. The van der Waals surface area contributed by atoms with Crippen LogP contribution in [0.25, 0.3) is 0 Å². The Morgan fingerprint density at radius 2 is 1.86 bits per heavy atom. The van der Waals surface area contributed by atoms with Gasteiger partial charge in [0.1, 0.15) is 11.4 Å². The molecule has 3 atom stereocenters. The Morgan fingerprint density at radius 1 is 1.14 bits per heavy atom. The minimum absolute atomic E-state index is 0.0313. The number of sulfonamides is 1. The number of aryl methyl sites for hydroxylation is 1. The summed E-state index contributed by atoms with van der Waals surface area (Å²) in [6.07, 6.45) is -4.09. The van der Waals surface area contributed by atoms with Gasteiger partial charge in [-0.2, -0.15) is 13.2 Å². The third-order valence-corrected chi connectivity index (χ3v) is 8.13. The molecule has 2 aliphatic rings. The van der Waals surface area contributed by atoms with E-state index in [0.717, 1.165) is 29.7 Å². The van der Waals surface area contributed by atoms with Crippen LogP contribution in [-0.4, -0.2) is 26.0 Å². The maximum atomic E-state index is 13.3. The van der Waals surface area contributed by atoms with Gasteiger partial charge in [0.2, 0.25) is 5.91 Å². The molecule has 2 heterocycles. The lowest BCUT2D eigenvalue weighted by Gasteiger charge is -2.48. The Morgan fingerprint density at radius 3 is 2.54 bits per heavy atom. The predicted octanol–water partition coefficient (Wildman–Crippen LogP) is 5.17. The summed E-state index contributed by atoms with van der Waals surface area (Å²) in [6.45, 7) is 6.02. The summed E-state index contributed by atoms with van der Waals surface area (Å²) in [7, 11) is -4.72. The minimum atomic E-state index is -4.88. The van der Waals surface area contributed by atoms with Gasteiger partial charge in [-0.05, 0) is 62.9 Å². The molecule has 0 unspecified atom stereocenters. The van der Waals surface area contributed by atoms with Gasteiger partial charge in [-0.3, -0.25) is 4.79 Å². The van der Waals surface area contributed by atoms with Crippen LogP contribution in [0.4, 0.5) is 13.2 Å². The largest absolute Gasteiger partial charge is 0.487 e. The fourth-order valence-corrected chi connectivity index (χ4v) is 6.14. The second kappa shape index (κ2) is 9.13. The quantitative estimate of drug-likeness (QED) is 0.599. The number of amides is 1. The van der Waals surface area contributed by atoms with Crippen LogP contribution < -0.4 is 9.46 Å². The van der Waals surface area contributed by atoms with Crippen molar-refractivity contribution in [1.82, 2.24) is 4.72 Å². The zero-order chi connectivity index (χ0) is 25.6. The van der Waals surface area contributed by atoms with Crippen LogP contribution in [0.5, 0.6) is 5.75 Å². The smallest absolute Gasteiger partial charge is 0.417 e. The molecule has 0 bridgehead atoms. The molecule has 1 saturated heterocycles. The first-order valence-corrected chi connectivity index (χ1v) is 13.0. The number of carbonyl (C=O) groups excluding carboxylic acids is 1. The van der Waals surface area contributed by atoms with Crippen LogP contribution in [0, 0.1) is 5.92 Å². The van der Waals surface area contributed by atoms with Gasteiger partial charge in [-0.15, -0.1) is 0 Å². The molecule has 2 aromatic carbocycles. The second-order valence-corrected chi connectivity index (χ2v) is 11.2. The van der Waals surface area contributed by atoms with Crippen molar-refractivity contribution in [2.24, 2.45) is 5.92 Å². The average Bonchev–Trinajstić information content (AvgIpc) is 2.77. The van der Waals surface area contributed by atoms with Crippen LogP contribution in [0.2, 0.25) is 0 Å². The number of halogens is 3. The highest BCUT2D eigenvalue weighted by atomic mass is 32.2. The zero-order valence-corrected chi connectivity index (χ0v) is 20.5. The molecule has 0 spiro atoms. The highest BCUT2D eigenvalue weighted by Crippen LogP contribution is 2.51. The summed E-state index contributed by atoms with van der Waals surface area (Å²) in [5.41, 5.74) is 0.183. The third-order valence-electron chi connectivity index (χ3n) is 6.70. The lowest BCUT2D eigenvalue weighted by Crippen LogP contribution is -2.49. The van der Waals surface area contributed by atoms with Crippen molar-refractivity contribution < 1.29 is 35.9 Å². The van der Waals surface area contributed by atoms with Gasteiger partial charge in [-0.1, -0.05) is 25.1 Å². The summed E-state index contributed by atoms with van der Waals surface area (Å²) < 4.78 is 79.4. The van der Waals surface area contributed by atoms with E-state index < -0.39 is 44.3 Å². The fourth-order valence-electron chi connectivity index (χ4n) is 4.92. The lowest BCUT2D eigenvalue weighted by molar-refractivity contribution is -0.155. The zero-order valence-electron chi connectivity index (χ0n) is 19.7. The van der Waals surface area contributed by atoms with Crippen LogP contribution in [0.15, 0.2) is 47.4 Å². The van der Waals surface area contributed by atoms with Gasteiger partial charge in [0.05, 0.1) is 29.1 Å². The molecule has 0 saturated carbocycles. The Balaban J connectivity index is 1.51. The molecule has 0 aromatic heterocycles. The van der Waals surface area contributed by atoms with Gasteiger partial charge >= 0.3 is 6.18 Å². The van der Waals surface area contributed by atoms with E-state index in [-0.39, 0.29) is 18.4 Å². The molecule has 2 aliphatic heterocycles. The minimum Gasteiger partial charge on any atom is -0.487 e. The Labute approximate surface area is 202 Å². The van der Waals surface area contributed by atoms with E-state index in [1.54, 1.807) is 4.72 Å². The number of carbonyl (C=O) groups is 1. The molecule has 35 heavy (non-hydrogen) atoms. The highest BCUT2D eigenvalue weighted by molar-refractivity contribution is 7.90. The SMILES string of the molecule is CCc1ccc2c(c1)[C@H]1O[C@@H](CC(=O)NS(=O)(=O)c3ccccc3C(F)(F)F)CC[C@@H]1C(C)(C)O2. The van der Waals surface area contributed by atoms with Crippen LogP contribution in [0.3, 0.4) is 0 Å². The molecular formula is C25H28F3NO5S. The molecule has 1 N–H and O–H groups in total. The molecule has 1 fully saturated rings. The molecule has 2 aromatic rings. The highest BCUT2D eigenvalue weighted by Gasteiger charge is 2.48. The molecule has 190 valence electrons. The van der Waals surface area contributed by atoms with Gasteiger partial charge in [0, 0.05) is 11.5 Å². The maximum absolute atomic E-state index is 13.3. The topological polar surface area (TPSA) is 81.7 Å². The predicted molar refractivity (Wildman–Crippen MR) is 122 cm³/mol. The van der Waals surface area contributed by atoms with E-state index in [9.17, 15) is 26.4 Å². The first-order chi connectivity index (χ1) is 16.3. The number of ether oxygens (including phenoxy) is 2.